The van der Waals surface area contributed by atoms with Crippen molar-refractivity contribution in [1.29, 1.82) is 0 Å². The molecule has 4 aliphatic rings. The van der Waals surface area contributed by atoms with Crippen LogP contribution >= 0.6 is 0 Å². The summed E-state index contributed by atoms with van der Waals surface area (Å²) in [6, 6.07) is 10.9. The van der Waals surface area contributed by atoms with Gasteiger partial charge in [-0.15, -0.1) is 0 Å². The van der Waals surface area contributed by atoms with E-state index in [1.807, 2.05) is 6.92 Å². The molecule has 1 aromatic rings. The predicted octanol–water partition coefficient (Wildman–Crippen LogP) is 5.98. The Kier molecular flexibility index (Phi) is 5.01. The summed E-state index contributed by atoms with van der Waals surface area (Å²) >= 11 is 0. The van der Waals surface area contributed by atoms with Crippen molar-refractivity contribution in [3.05, 3.63) is 47.5 Å². The minimum absolute atomic E-state index is 0.188. The van der Waals surface area contributed by atoms with E-state index in [9.17, 15) is 9.90 Å². The molecule has 5 rings (SSSR count). The number of hydrogen-bond acceptors (Lipinski definition) is 2. The van der Waals surface area contributed by atoms with Crippen LogP contribution in [0, 0.1) is 40.4 Å². The minimum atomic E-state index is -0.197. The molecule has 3 saturated carbocycles. The maximum atomic E-state index is 12.4. The number of carbonyl (C=O) groups excluding carboxylic acids is 1. The number of aliphatic hydroxyl groups excluding tert-OH is 1. The molecule has 2 nitrogen and oxygen atoms in total. The van der Waals surface area contributed by atoms with E-state index in [0.717, 1.165) is 32.1 Å². The van der Waals surface area contributed by atoms with E-state index in [0.29, 0.717) is 29.5 Å². The molecule has 3 fully saturated rings. The van der Waals surface area contributed by atoms with Gasteiger partial charge in [-0.25, -0.2) is 0 Å². The second-order valence-corrected chi connectivity index (χ2v) is 11.4. The van der Waals surface area contributed by atoms with Crippen LogP contribution in [0.4, 0.5) is 0 Å². The summed E-state index contributed by atoms with van der Waals surface area (Å²) in [5.41, 5.74) is 3.33. The first kappa shape index (κ1) is 20.5. The highest BCUT2D eigenvalue weighted by Crippen LogP contribution is 2.67. The molecule has 162 valence electrons. The van der Waals surface area contributed by atoms with E-state index in [-0.39, 0.29) is 22.9 Å². The largest absolute Gasteiger partial charge is 0.393 e. The second kappa shape index (κ2) is 7.33. The number of rotatable bonds is 3. The van der Waals surface area contributed by atoms with Gasteiger partial charge in [0.15, 0.2) is 0 Å². The third-order valence-electron chi connectivity index (χ3n) is 10.2. The number of aliphatic hydroxyl groups is 1. The number of ketones is 1. The maximum Gasteiger partial charge on any atom is 0.133 e. The zero-order valence-corrected chi connectivity index (χ0v) is 18.9. The molecule has 2 unspecified atom stereocenters. The van der Waals surface area contributed by atoms with Gasteiger partial charge in [-0.3, -0.25) is 4.79 Å². The Bertz CT molecular complexity index is 841. The van der Waals surface area contributed by atoms with Gasteiger partial charge in [0.05, 0.1) is 6.10 Å². The van der Waals surface area contributed by atoms with E-state index in [2.05, 4.69) is 50.3 Å². The van der Waals surface area contributed by atoms with Crippen LogP contribution in [-0.4, -0.2) is 17.0 Å². The van der Waals surface area contributed by atoms with Crippen LogP contribution in [0.15, 0.2) is 42.0 Å². The van der Waals surface area contributed by atoms with Gasteiger partial charge in [0, 0.05) is 5.92 Å². The van der Waals surface area contributed by atoms with Crippen molar-refractivity contribution in [2.24, 2.45) is 40.4 Å². The first-order chi connectivity index (χ1) is 14.3. The number of allylic oxidation sites excluding steroid dienone is 1. The van der Waals surface area contributed by atoms with Crippen molar-refractivity contribution in [1.82, 2.24) is 0 Å². The molecule has 1 aromatic carbocycles. The van der Waals surface area contributed by atoms with Gasteiger partial charge in [-0.05, 0) is 98.4 Å². The average Bonchev–Trinajstić information content (AvgIpc) is 3.07. The molecular weight excluding hydrogens is 368 g/mol. The van der Waals surface area contributed by atoms with Crippen molar-refractivity contribution in [2.75, 3.05) is 0 Å². The second-order valence-electron chi connectivity index (χ2n) is 11.4. The summed E-state index contributed by atoms with van der Waals surface area (Å²) in [5, 5.41) is 10.7. The predicted molar refractivity (Wildman–Crippen MR) is 121 cm³/mol. The minimum Gasteiger partial charge on any atom is -0.393 e. The highest BCUT2D eigenvalue weighted by atomic mass is 16.3. The highest BCUT2D eigenvalue weighted by Gasteiger charge is 2.61. The number of hydrogen-bond donors (Lipinski definition) is 1. The molecule has 0 aliphatic heterocycles. The number of fused-ring (bicyclic) bond motifs is 5. The van der Waals surface area contributed by atoms with Gasteiger partial charge < -0.3 is 5.11 Å². The van der Waals surface area contributed by atoms with E-state index in [4.69, 9.17) is 0 Å². The van der Waals surface area contributed by atoms with Crippen LogP contribution in [0.25, 0.3) is 0 Å². The van der Waals surface area contributed by atoms with E-state index < -0.39 is 0 Å². The van der Waals surface area contributed by atoms with Gasteiger partial charge in [0.1, 0.15) is 5.78 Å². The number of Topliss-reactive ketones (excluding diaryl/α,β-unsaturated/α-hetero) is 1. The fourth-order valence-electron chi connectivity index (χ4n) is 8.74. The molecule has 8 atom stereocenters. The third kappa shape index (κ3) is 2.97. The fraction of sp³-hybridized carbons (Fsp3) is 0.679. The maximum absolute atomic E-state index is 12.4. The summed E-state index contributed by atoms with van der Waals surface area (Å²) in [6.07, 6.45) is 11.1. The molecular formula is C28H38O2. The van der Waals surface area contributed by atoms with Crippen LogP contribution in [0.2, 0.25) is 0 Å². The van der Waals surface area contributed by atoms with Crippen LogP contribution in [0.5, 0.6) is 0 Å². The van der Waals surface area contributed by atoms with Crippen molar-refractivity contribution in [3.8, 4) is 0 Å². The zero-order chi connectivity index (χ0) is 21.1. The molecule has 0 bridgehead atoms. The Hall–Kier alpha value is -1.41. The standard InChI is InChI=1S/C28H38O2/c1-18(29)24-11-12-25-23-10-9-20-16-22(30)17-21(15-19-7-5-4-6-8-19)28(20,3)26(23)13-14-27(24,25)2/h4-9,21-26,30H,10-17H2,1-3H3/t21?,22?,23-,24+,25-,26-,27+,28+/m0/s1. The van der Waals surface area contributed by atoms with Gasteiger partial charge in [-0.2, -0.15) is 0 Å². The first-order valence-electron chi connectivity index (χ1n) is 12.3. The highest BCUT2D eigenvalue weighted by molar-refractivity contribution is 5.79. The van der Waals surface area contributed by atoms with Crippen LogP contribution < -0.4 is 0 Å². The summed E-state index contributed by atoms with van der Waals surface area (Å²) in [7, 11) is 0. The molecule has 2 heteroatoms. The van der Waals surface area contributed by atoms with E-state index >= 15 is 0 Å². The fourth-order valence-corrected chi connectivity index (χ4v) is 8.74. The number of carbonyl (C=O) groups is 1. The van der Waals surface area contributed by atoms with Crippen molar-refractivity contribution in [2.45, 2.75) is 78.2 Å². The van der Waals surface area contributed by atoms with Crippen molar-refractivity contribution in [3.63, 3.8) is 0 Å². The molecule has 0 aromatic heterocycles. The third-order valence-corrected chi connectivity index (χ3v) is 10.2. The Balaban J connectivity index is 1.49. The zero-order valence-electron chi connectivity index (χ0n) is 18.9. The molecule has 0 heterocycles. The monoisotopic (exact) mass is 406 g/mol. The molecule has 0 spiro atoms. The molecule has 1 N–H and O–H groups in total. The quantitative estimate of drug-likeness (QED) is 0.627. The normalized spacial score (nSPS) is 45.1. The molecule has 4 aliphatic carbocycles. The summed E-state index contributed by atoms with van der Waals surface area (Å²) in [6.45, 7) is 6.79. The Morgan fingerprint density at radius 1 is 1.10 bits per heavy atom. The van der Waals surface area contributed by atoms with Crippen LogP contribution in [-0.2, 0) is 11.2 Å². The van der Waals surface area contributed by atoms with Crippen LogP contribution in [0.1, 0.15) is 71.3 Å². The van der Waals surface area contributed by atoms with Crippen LogP contribution in [0.3, 0.4) is 0 Å². The Morgan fingerprint density at radius 2 is 1.87 bits per heavy atom. The topological polar surface area (TPSA) is 37.3 Å². The Morgan fingerprint density at radius 3 is 2.60 bits per heavy atom. The molecule has 0 radical (unpaired) electrons. The lowest BCUT2D eigenvalue weighted by Gasteiger charge is -2.60. The summed E-state index contributed by atoms with van der Waals surface area (Å²) < 4.78 is 0. The smallest absolute Gasteiger partial charge is 0.133 e. The lowest BCUT2D eigenvalue weighted by Crippen LogP contribution is -2.54. The molecule has 0 saturated heterocycles. The van der Waals surface area contributed by atoms with Gasteiger partial charge >= 0.3 is 0 Å². The lowest BCUT2D eigenvalue weighted by atomic mass is 9.44. The van der Waals surface area contributed by atoms with Gasteiger partial charge in [0.25, 0.3) is 0 Å². The van der Waals surface area contributed by atoms with E-state index in [1.54, 1.807) is 0 Å². The molecule has 30 heavy (non-hydrogen) atoms. The molecule has 0 amide bonds. The average molecular weight is 407 g/mol. The van der Waals surface area contributed by atoms with Gasteiger partial charge in [-0.1, -0.05) is 55.8 Å². The summed E-state index contributed by atoms with van der Waals surface area (Å²) in [5.74, 6) is 3.27. The van der Waals surface area contributed by atoms with Crippen molar-refractivity contribution >= 4 is 5.78 Å². The first-order valence-corrected chi connectivity index (χ1v) is 12.3. The summed E-state index contributed by atoms with van der Waals surface area (Å²) in [4.78, 5) is 12.4. The van der Waals surface area contributed by atoms with Crippen molar-refractivity contribution < 1.29 is 9.90 Å². The SMILES string of the molecule is CC(=O)[C@H]1CC[C@H]2[C@@H]3CC=C4CC(O)CC(Cc5ccccc5)[C@]4(C)[C@H]3CC[C@]12C. The lowest BCUT2D eigenvalue weighted by molar-refractivity contribution is -0.128. The van der Waals surface area contributed by atoms with E-state index in [1.165, 1.54) is 30.4 Å². The van der Waals surface area contributed by atoms with Gasteiger partial charge in [0.2, 0.25) is 0 Å². The Labute approximate surface area is 182 Å². The number of benzene rings is 1.